The molecule has 0 spiro atoms. The summed E-state index contributed by atoms with van der Waals surface area (Å²) in [6, 6.07) is 20.7. The highest BCUT2D eigenvalue weighted by molar-refractivity contribution is 8.01. The van der Waals surface area contributed by atoms with E-state index in [0.29, 0.717) is 23.8 Å². The molecule has 4 aromatic rings. The molecule has 1 saturated heterocycles. The predicted octanol–water partition coefficient (Wildman–Crippen LogP) is 6.08. The van der Waals surface area contributed by atoms with Crippen molar-refractivity contribution in [2.24, 2.45) is 0 Å². The van der Waals surface area contributed by atoms with Gasteiger partial charge in [0.25, 0.3) is 0 Å². The third kappa shape index (κ3) is 7.90. The molecule has 13 heteroatoms. The Bertz CT molecular complexity index is 1580. The molecule has 1 atom stereocenters. The second kappa shape index (κ2) is 13.8. The number of nitrogens with one attached hydrogen (secondary N) is 2. The SMILES string of the molecule is CCc1ccccc1N1C(=O)CSC1NC(=O)NCCCCc1ccc(-c2ncn(-c3ccc(OC(F)(F)F)cc3)n2)cc1. The highest BCUT2D eigenvalue weighted by atomic mass is 32.2. The van der Waals surface area contributed by atoms with E-state index in [-0.39, 0.29) is 17.7 Å². The lowest BCUT2D eigenvalue weighted by Crippen LogP contribution is -2.49. The van der Waals surface area contributed by atoms with Crippen LogP contribution in [0.4, 0.5) is 23.7 Å². The number of carbonyl (C=O) groups is 2. The second-order valence-electron chi connectivity index (χ2n) is 10.0. The number of nitrogens with zero attached hydrogens (tertiary/aromatic N) is 4. The van der Waals surface area contributed by atoms with E-state index in [4.69, 9.17) is 0 Å². The fourth-order valence-electron chi connectivity index (χ4n) is 4.80. The van der Waals surface area contributed by atoms with Crippen LogP contribution in [0.2, 0.25) is 0 Å². The first-order valence-corrected chi connectivity index (χ1v) is 15.2. The molecule has 0 aliphatic carbocycles. The van der Waals surface area contributed by atoms with Crippen molar-refractivity contribution in [1.29, 1.82) is 0 Å². The fraction of sp³-hybridized carbons (Fsp3) is 0.290. The molecule has 3 aromatic carbocycles. The first-order chi connectivity index (χ1) is 21.2. The largest absolute Gasteiger partial charge is 0.573 e. The lowest BCUT2D eigenvalue weighted by Gasteiger charge is -2.26. The summed E-state index contributed by atoms with van der Waals surface area (Å²) >= 11 is 1.40. The number of urea groups is 1. The van der Waals surface area contributed by atoms with Gasteiger partial charge in [0.15, 0.2) is 11.3 Å². The van der Waals surface area contributed by atoms with Crippen LogP contribution >= 0.6 is 11.8 Å². The molecule has 230 valence electrons. The van der Waals surface area contributed by atoms with Crippen molar-refractivity contribution in [3.8, 4) is 22.8 Å². The first kappa shape index (κ1) is 30.9. The zero-order chi connectivity index (χ0) is 31.1. The number of benzene rings is 3. The number of para-hydroxylation sites is 1. The summed E-state index contributed by atoms with van der Waals surface area (Å²) in [6.07, 6.45) is 0.0197. The number of halogens is 3. The molecular weight excluding hydrogens is 593 g/mol. The Morgan fingerprint density at radius 1 is 1.05 bits per heavy atom. The molecule has 2 N–H and O–H groups in total. The smallest absolute Gasteiger partial charge is 0.406 e. The van der Waals surface area contributed by atoms with E-state index < -0.39 is 11.9 Å². The Morgan fingerprint density at radius 2 is 1.80 bits per heavy atom. The third-order valence-electron chi connectivity index (χ3n) is 6.97. The minimum atomic E-state index is -4.75. The molecule has 0 bridgehead atoms. The van der Waals surface area contributed by atoms with E-state index in [1.807, 2.05) is 55.5 Å². The molecule has 2 heterocycles. The summed E-state index contributed by atoms with van der Waals surface area (Å²) in [6.45, 7) is 2.54. The Balaban J connectivity index is 1.05. The first-order valence-electron chi connectivity index (χ1n) is 14.1. The normalized spacial score (nSPS) is 15.0. The molecule has 0 radical (unpaired) electrons. The third-order valence-corrected chi connectivity index (χ3v) is 8.03. The highest BCUT2D eigenvalue weighted by Gasteiger charge is 2.35. The van der Waals surface area contributed by atoms with Crippen LogP contribution in [-0.4, -0.2) is 50.9 Å². The molecule has 1 aliphatic heterocycles. The molecule has 1 aliphatic rings. The summed E-state index contributed by atoms with van der Waals surface area (Å²) in [7, 11) is 0. The van der Waals surface area contributed by atoms with E-state index in [0.717, 1.165) is 48.1 Å². The zero-order valence-electron chi connectivity index (χ0n) is 23.9. The van der Waals surface area contributed by atoms with Gasteiger partial charge in [-0.05, 0) is 67.1 Å². The summed E-state index contributed by atoms with van der Waals surface area (Å²) < 4.78 is 42.5. The standard InChI is InChI=1S/C31H31F3N6O3S/c1-2-22-8-3-4-9-26(22)40-27(41)19-44-30(40)37-29(42)35-18-6-5-7-21-10-12-23(13-11-21)28-36-20-39(38-28)24-14-16-25(17-15-24)43-31(32,33)34/h3-4,8-17,20,30H,2,5-7,18-19H2,1H3,(H2,35,37,42). The van der Waals surface area contributed by atoms with Crippen LogP contribution in [0.3, 0.4) is 0 Å². The molecule has 44 heavy (non-hydrogen) atoms. The average Bonchev–Trinajstić information content (AvgIpc) is 3.64. The molecular formula is C31H31F3N6O3S. The maximum absolute atomic E-state index is 12.6. The number of thioether (sulfide) groups is 1. The summed E-state index contributed by atoms with van der Waals surface area (Å²) in [5, 5.41) is 10.2. The number of carbonyl (C=O) groups excluding carboxylic acids is 2. The van der Waals surface area contributed by atoms with Crippen LogP contribution in [0.1, 0.15) is 30.9 Å². The van der Waals surface area contributed by atoms with Gasteiger partial charge in [-0.25, -0.2) is 14.5 Å². The van der Waals surface area contributed by atoms with Gasteiger partial charge in [-0.2, -0.15) is 0 Å². The van der Waals surface area contributed by atoms with Crippen LogP contribution in [-0.2, 0) is 17.6 Å². The van der Waals surface area contributed by atoms with Gasteiger partial charge < -0.3 is 15.4 Å². The van der Waals surface area contributed by atoms with E-state index in [9.17, 15) is 22.8 Å². The lowest BCUT2D eigenvalue weighted by atomic mass is 10.1. The second-order valence-corrected chi connectivity index (χ2v) is 11.1. The monoisotopic (exact) mass is 624 g/mol. The number of amides is 3. The van der Waals surface area contributed by atoms with Crippen molar-refractivity contribution < 1.29 is 27.5 Å². The van der Waals surface area contributed by atoms with Crippen molar-refractivity contribution in [2.75, 3.05) is 17.2 Å². The fourth-order valence-corrected chi connectivity index (χ4v) is 5.81. The van der Waals surface area contributed by atoms with Crippen LogP contribution in [0, 0.1) is 0 Å². The average molecular weight is 625 g/mol. The number of aryl methyl sites for hydroxylation is 2. The lowest BCUT2D eigenvalue weighted by molar-refractivity contribution is -0.274. The maximum Gasteiger partial charge on any atom is 0.573 e. The molecule has 1 aromatic heterocycles. The predicted molar refractivity (Wildman–Crippen MR) is 163 cm³/mol. The molecule has 1 fully saturated rings. The number of alkyl halides is 3. The summed E-state index contributed by atoms with van der Waals surface area (Å²) in [4.78, 5) is 31.1. The van der Waals surface area contributed by atoms with Crippen LogP contribution in [0.25, 0.3) is 17.1 Å². The molecule has 3 amide bonds. The minimum Gasteiger partial charge on any atom is -0.406 e. The van der Waals surface area contributed by atoms with E-state index in [1.165, 1.54) is 47.0 Å². The van der Waals surface area contributed by atoms with Gasteiger partial charge >= 0.3 is 12.4 Å². The number of hydrogen-bond acceptors (Lipinski definition) is 6. The van der Waals surface area contributed by atoms with Crippen LogP contribution in [0.15, 0.2) is 79.1 Å². The maximum atomic E-state index is 12.6. The number of aromatic nitrogens is 3. The minimum absolute atomic E-state index is 0.0236. The van der Waals surface area contributed by atoms with Crippen molar-refractivity contribution >= 4 is 29.4 Å². The Hall–Kier alpha value is -4.52. The topological polar surface area (TPSA) is 101 Å². The molecule has 9 nitrogen and oxygen atoms in total. The van der Waals surface area contributed by atoms with E-state index >= 15 is 0 Å². The van der Waals surface area contributed by atoms with Crippen molar-refractivity contribution in [1.82, 2.24) is 25.4 Å². The number of hydrogen-bond donors (Lipinski definition) is 2. The van der Waals surface area contributed by atoms with Crippen molar-refractivity contribution in [2.45, 2.75) is 44.5 Å². The van der Waals surface area contributed by atoms with Gasteiger partial charge in [0.05, 0.1) is 11.4 Å². The van der Waals surface area contributed by atoms with Gasteiger partial charge in [0, 0.05) is 17.8 Å². The molecule has 5 rings (SSSR count). The number of anilines is 1. The number of unbranched alkanes of at least 4 members (excludes halogenated alkanes) is 1. The van der Waals surface area contributed by atoms with Gasteiger partial charge in [0.2, 0.25) is 5.91 Å². The van der Waals surface area contributed by atoms with Crippen molar-refractivity contribution in [3.63, 3.8) is 0 Å². The van der Waals surface area contributed by atoms with Gasteiger partial charge in [-0.3, -0.25) is 9.69 Å². The van der Waals surface area contributed by atoms with Crippen LogP contribution < -0.4 is 20.3 Å². The molecule has 0 saturated carbocycles. The van der Waals surface area contributed by atoms with Gasteiger partial charge in [-0.15, -0.1) is 30.0 Å². The number of rotatable bonds is 11. The van der Waals surface area contributed by atoms with Gasteiger partial charge in [0.1, 0.15) is 12.1 Å². The Labute approximate surface area is 256 Å². The Kier molecular flexibility index (Phi) is 9.73. The number of ether oxygens (including phenoxy) is 1. The van der Waals surface area contributed by atoms with Gasteiger partial charge in [-0.1, -0.05) is 49.4 Å². The molecule has 1 unspecified atom stereocenters. The quantitative estimate of drug-likeness (QED) is 0.196. The highest BCUT2D eigenvalue weighted by Crippen LogP contribution is 2.32. The Morgan fingerprint density at radius 3 is 2.52 bits per heavy atom. The summed E-state index contributed by atoms with van der Waals surface area (Å²) in [5.74, 6) is 0.473. The van der Waals surface area contributed by atoms with E-state index in [1.54, 1.807) is 4.90 Å². The van der Waals surface area contributed by atoms with E-state index in [2.05, 4.69) is 25.5 Å². The summed E-state index contributed by atoms with van der Waals surface area (Å²) in [5.41, 5.74) is 3.92. The van der Waals surface area contributed by atoms with Crippen LogP contribution in [0.5, 0.6) is 5.75 Å². The van der Waals surface area contributed by atoms with Crippen molar-refractivity contribution in [3.05, 3.63) is 90.3 Å². The zero-order valence-corrected chi connectivity index (χ0v) is 24.7.